The maximum Gasteiger partial charge on any atom is 0.326 e. The van der Waals surface area contributed by atoms with E-state index in [-0.39, 0.29) is 0 Å². The molecule has 0 aliphatic heterocycles. The Balaban J connectivity index is 2.68. The number of hydrogen-bond donors (Lipinski definition) is 2. The molecule has 2 rings (SSSR count). The molecule has 15 heavy (non-hydrogen) atoms. The predicted octanol–water partition coefficient (Wildman–Crippen LogP) is -0.228. The Hall–Kier alpha value is -2.11. The third-order valence-electron chi connectivity index (χ3n) is 2.04. The van der Waals surface area contributed by atoms with Crippen molar-refractivity contribution >= 4 is 0 Å². The number of nitrogens with zero attached hydrogens (tertiary/aromatic N) is 2. The predicted molar refractivity (Wildman–Crippen MR) is 54.6 cm³/mol. The van der Waals surface area contributed by atoms with Crippen molar-refractivity contribution in [2.75, 3.05) is 0 Å². The summed E-state index contributed by atoms with van der Waals surface area (Å²) < 4.78 is 1.61. The molecule has 0 saturated carbocycles. The van der Waals surface area contributed by atoms with Gasteiger partial charge in [0.1, 0.15) is 0 Å². The molecular formula is C9H10N4O2. The molecule has 0 bridgehead atoms. The van der Waals surface area contributed by atoms with Gasteiger partial charge in [-0.15, -0.1) is 0 Å². The van der Waals surface area contributed by atoms with Gasteiger partial charge in [-0.1, -0.05) is 0 Å². The van der Waals surface area contributed by atoms with Crippen molar-refractivity contribution in [2.45, 2.75) is 6.92 Å². The molecule has 0 radical (unpaired) electrons. The summed E-state index contributed by atoms with van der Waals surface area (Å²) in [7, 11) is 1.75. The van der Waals surface area contributed by atoms with Gasteiger partial charge in [0.05, 0.1) is 17.1 Å². The first-order valence-corrected chi connectivity index (χ1v) is 4.41. The fourth-order valence-corrected chi connectivity index (χ4v) is 1.47. The van der Waals surface area contributed by atoms with Crippen LogP contribution in [-0.4, -0.2) is 19.7 Å². The van der Waals surface area contributed by atoms with Crippen LogP contribution in [0.1, 0.15) is 5.69 Å². The van der Waals surface area contributed by atoms with Crippen LogP contribution in [0.15, 0.2) is 21.7 Å². The molecule has 0 spiro atoms. The van der Waals surface area contributed by atoms with Crippen LogP contribution in [0.3, 0.4) is 0 Å². The maximum absolute atomic E-state index is 11.1. The van der Waals surface area contributed by atoms with E-state index in [9.17, 15) is 9.59 Å². The molecule has 2 heterocycles. The summed E-state index contributed by atoms with van der Waals surface area (Å²) in [4.78, 5) is 26.8. The Morgan fingerprint density at radius 3 is 2.53 bits per heavy atom. The minimum Gasteiger partial charge on any atom is -0.305 e. The van der Waals surface area contributed by atoms with Crippen molar-refractivity contribution in [1.29, 1.82) is 0 Å². The van der Waals surface area contributed by atoms with Gasteiger partial charge >= 0.3 is 5.69 Å². The summed E-state index contributed by atoms with van der Waals surface area (Å²) in [6, 6.07) is 3.13. The van der Waals surface area contributed by atoms with E-state index in [1.165, 1.54) is 6.07 Å². The topological polar surface area (TPSA) is 83.5 Å². The van der Waals surface area contributed by atoms with E-state index in [0.717, 1.165) is 5.69 Å². The number of nitrogens with one attached hydrogen (secondary N) is 2. The van der Waals surface area contributed by atoms with Crippen LogP contribution in [0.25, 0.3) is 11.4 Å². The Morgan fingerprint density at radius 2 is 2.00 bits per heavy atom. The molecule has 2 N–H and O–H groups in total. The Labute approximate surface area is 84.6 Å². The summed E-state index contributed by atoms with van der Waals surface area (Å²) in [6.07, 6.45) is 0. The zero-order chi connectivity index (χ0) is 11.0. The van der Waals surface area contributed by atoms with Gasteiger partial charge in [-0.3, -0.25) is 14.5 Å². The first-order chi connectivity index (χ1) is 7.06. The van der Waals surface area contributed by atoms with E-state index in [2.05, 4.69) is 15.1 Å². The lowest BCUT2D eigenvalue weighted by Crippen LogP contribution is -2.21. The number of hydrogen-bond acceptors (Lipinski definition) is 3. The van der Waals surface area contributed by atoms with Crippen molar-refractivity contribution in [1.82, 2.24) is 19.7 Å². The fraction of sp³-hybridized carbons (Fsp3) is 0.222. The Morgan fingerprint density at radius 1 is 1.27 bits per heavy atom. The van der Waals surface area contributed by atoms with Gasteiger partial charge in [-0.05, 0) is 13.0 Å². The van der Waals surface area contributed by atoms with Crippen LogP contribution in [-0.2, 0) is 7.05 Å². The monoisotopic (exact) mass is 206 g/mol. The molecule has 6 heteroatoms. The Kier molecular flexibility index (Phi) is 2.03. The molecule has 0 aliphatic carbocycles. The molecule has 0 unspecified atom stereocenters. The van der Waals surface area contributed by atoms with E-state index >= 15 is 0 Å². The third-order valence-corrected chi connectivity index (χ3v) is 2.04. The van der Waals surface area contributed by atoms with E-state index < -0.39 is 11.2 Å². The zero-order valence-electron chi connectivity index (χ0n) is 8.37. The molecular weight excluding hydrogens is 196 g/mol. The highest BCUT2D eigenvalue weighted by atomic mass is 16.2. The number of aromatic amines is 2. The van der Waals surface area contributed by atoms with Gasteiger partial charge in [0.25, 0.3) is 5.56 Å². The molecule has 0 atom stereocenters. The first-order valence-electron chi connectivity index (χ1n) is 4.41. The zero-order valence-corrected chi connectivity index (χ0v) is 8.37. The number of rotatable bonds is 1. The Bertz CT molecular complexity index is 577. The van der Waals surface area contributed by atoms with Crippen molar-refractivity contribution in [3.8, 4) is 11.4 Å². The molecule has 6 nitrogen and oxygen atoms in total. The minimum atomic E-state index is -0.517. The van der Waals surface area contributed by atoms with Crippen LogP contribution >= 0.6 is 0 Å². The lowest BCUT2D eigenvalue weighted by molar-refractivity contribution is 0.760. The van der Waals surface area contributed by atoms with Crippen LogP contribution in [0.5, 0.6) is 0 Å². The molecule has 78 valence electrons. The highest BCUT2D eigenvalue weighted by Crippen LogP contribution is 2.13. The van der Waals surface area contributed by atoms with Gasteiger partial charge in [0, 0.05) is 13.1 Å². The smallest absolute Gasteiger partial charge is 0.305 e. The lowest BCUT2D eigenvalue weighted by Gasteiger charge is -1.99. The first kappa shape index (κ1) is 9.45. The SMILES string of the molecule is Cc1cc(-c2cc(=O)[nH]c(=O)[nH]2)n(C)n1. The highest BCUT2D eigenvalue weighted by molar-refractivity contribution is 5.53. The highest BCUT2D eigenvalue weighted by Gasteiger charge is 2.06. The second-order valence-electron chi connectivity index (χ2n) is 3.30. The second kappa shape index (κ2) is 3.23. The average Bonchev–Trinajstić information content (AvgIpc) is 2.43. The van der Waals surface area contributed by atoms with Gasteiger partial charge in [0.15, 0.2) is 0 Å². The maximum atomic E-state index is 11.1. The van der Waals surface area contributed by atoms with Gasteiger partial charge < -0.3 is 4.98 Å². The summed E-state index contributed by atoms with van der Waals surface area (Å²) in [6.45, 7) is 1.84. The van der Waals surface area contributed by atoms with Crippen LogP contribution in [0.4, 0.5) is 0 Å². The summed E-state index contributed by atoms with van der Waals surface area (Å²) in [5, 5.41) is 4.13. The van der Waals surface area contributed by atoms with Gasteiger partial charge in [-0.25, -0.2) is 4.79 Å². The van der Waals surface area contributed by atoms with Gasteiger partial charge in [-0.2, -0.15) is 5.10 Å². The number of aromatic nitrogens is 4. The van der Waals surface area contributed by atoms with Crippen molar-refractivity contribution in [2.24, 2.45) is 7.05 Å². The summed E-state index contributed by atoms with van der Waals surface area (Å²) >= 11 is 0. The number of aryl methyl sites for hydroxylation is 2. The van der Waals surface area contributed by atoms with E-state index in [0.29, 0.717) is 11.4 Å². The van der Waals surface area contributed by atoms with E-state index in [1.807, 2.05) is 6.92 Å². The number of H-pyrrole nitrogens is 2. The quantitative estimate of drug-likeness (QED) is 0.676. The van der Waals surface area contributed by atoms with Crippen molar-refractivity contribution < 1.29 is 0 Å². The molecule has 0 fully saturated rings. The molecule has 0 amide bonds. The molecule has 2 aromatic rings. The largest absolute Gasteiger partial charge is 0.326 e. The molecule has 0 aliphatic rings. The summed E-state index contributed by atoms with van der Waals surface area (Å²) in [5.41, 5.74) is 1.06. The van der Waals surface area contributed by atoms with Crippen LogP contribution in [0.2, 0.25) is 0 Å². The minimum absolute atomic E-state index is 0.424. The van der Waals surface area contributed by atoms with Gasteiger partial charge in [0.2, 0.25) is 0 Å². The standard InChI is InChI=1S/C9H10N4O2/c1-5-3-7(13(2)12-5)6-4-8(14)11-9(15)10-6/h3-4H,1-2H3,(H2,10,11,14,15). The average molecular weight is 206 g/mol. The lowest BCUT2D eigenvalue weighted by atomic mass is 10.3. The van der Waals surface area contributed by atoms with Crippen LogP contribution in [0, 0.1) is 6.92 Å². The molecule has 0 aromatic carbocycles. The van der Waals surface area contributed by atoms with E-state index in [4.69, 9.17) is 0 Å². The third kappa shape index (κ3) is 1.74. The van der Waals surface area contributed by atoms with Crippen LogP contribution < -0.4 is 11.2 Å². The molecule has 2 aromatic heterocycles. The second-order valence-corrected chi connectivity index (χ2v) is 3.30. The summed E-state index contributed by atoms with van der Waals surface area (Å²) in [5.74, 6) is 0. The molecule has 0 saturated heterocycles. The van der Waals surface area contributed by atoms with E-state index in [1.54, 1.807) is 17.8 Å². The van der Waals surface area contributed by atoms with Crippen molar-refractivity contribution in [3.63, 3.8) is 0 Å². The fourth-order valence-electron chi connectivity index (χ4n) is 1.47. The van der Waals surface area contributed by atoms with Crippen molar-refractivity contribution in [3.05, 3.63) is 38.7 Å². The normalized spacial score (nSPS) is 10.5.